The summed E-state index contributed by atoms with van der Waals surface area (Å²) in [6.07, 6.45) is 3.97. The molecule has 1 amide bonds. The Hall–Kier alpha value is -3.04. The van der Waals surface area contributed by atoms with Crippen LogP contribution in [-0.2, 0) is 26.5 Å². The van der Waals surface area contributed by atoms with Gasteiger partial charge in [0, 0.05) is 29.7 Å². The van der Waals surface area contributed by atoms with Crippen molar-refractivity contribution in [2.75, 3.05) is 13.2 Å². The summed E-state index contributed by atoms with van der Waals surface area (Å²) in [5.74, 6) is 0.225. The number of hydrogen-bond donors (Lipinski definition) is 2. The van der Waals surface area contributed by atoms with Crippen LogP contribution in [0.5, 0.6) is 5.75 Å². The van der Waals surface area contributed by atoms with E-state index in [1.54, 1.807) is 45.0 Å². The quantitative estimate of drug-likeness (QED) is 0.129. The van der Waals surface area contributed by atoms with E-state index in [-0.39, 0.29) is 18.9 Å². The van der Waals surface area contributed by atoms with E-state index in [1.165, 1.54) is 17.8 Å². The van der Waals surface area contributed by atoms with Crippen molar-refractivity contribution in [2.45, 2.75) is 55.9 Å². The number of halogens is 2. The van der Waals surface area contributed by atoms with Crippen LogP contribution in [0.1, 0.15) is 44.1 Å². The van der Waals surface area contributed by atoms with Crippen LogP contribution in [0, 0.1) is 0 Å². The normalized spacial score (nSPS) is 12.2. The zero-order valence-corrected chi connectivity index (χ0v) is 25.7. The number of aromatic nitrogens is 1. The maximum atomic E-state index is 12.5. The molecule has 1 heterocycles. The van der Waals surface area contributed by atoms with E-state index in [4.69, 9.17) is 43.4 Å². The molecule has 1 unspecified atom stereocenters. The second kappa shape index (κ2) is 15.8. The van der Waals surface area contributed by atoms with Gasteiger partial charge >= 0.3 is 5.97 Å². The number of nitrogens with one attached hydrogen (secondary N) is 1. The lowest BCUT2D eigenvalue weighted by atomic mass is 10.1. The van der Waals surface area contributed by atoms with Crippen LogP contribution in [0.15, 0.2) is 71.6 Å². The van der Waals surface area contributed by atoms with Gasteiger partial charge in [-0.1, -0.05) is 59.6 Å². The number of carbonyl (C=O) groups excluding carboxylic acids is 2. The number of benzene rings is 2. The van der Waals surface area contributed by atoms with Gasteiger partial charge in [-0.05, 0) is 63.1 Å². The lowest BCUT2D eigenvalue weighted by molar-refractivity contribution is -0.156. The van der Waals surface area contributed by atoms with Crippen LogP contribution in [0.3, 0.4) is 0 Å². The fourth-order valence-electron chi connectivity index (χ4n) is 3.58. The van der Waals surface area contributed by atoms with Crippen molar-refractivity contribution in [3.8, 4) is 5.75 Å². The molecular formula is C31H35Cl2N3O4S. The highest BCUT2D eigenvalue weighted by Crippen LogP contribution is 2.35. The summed E-state index contributed by atoms with van der Waals surface area (Å²) in [6.45, 7) is 5.99. The van der Waals surface area contributed by atoms with E-state index < -0.39 is 17.6 Å². The van der Waals surface area contributed by atoms with Gasteiger partial charge in [-0.3, -0.25) is 9.59 Å². The number of ether oxygens (including phenoxy) is 2. The van der Waals surface area contributed by atoms with Crippen LogP contribution in [0.25, 0.3) is 6.08 Å². The Morgan fingerprint density at radius 2 is 1.76 bits per heavy atom. The Balaban J connectivity index is 1.65. The molecule has 0 aliphatic rings. The number of amides is 1. The number of pyridine rings is 1. The predicted molar refractivity (Wildman–Crippen MR) is 166 cm³/mol. The SMILES string of the molecule is CC(C)(C)OC(=O)C(N)CCNC(=O)/C=C/c1nc(CSc2c(Cl)cccc2Cl)ccc1OCCc1ccccc1. The molecule has 7 nitrogen and oxygen atoms in total. The van der Waals surface area contributed by atoms with Crippen LogP contribution < -0.4 is 15.8 Å². The molecular weight excluding hydrogens is 581 g/mol. The van der Waals surface area contributed by atoms with Crippen LogP contribution >= 0.6 is 35.0 Å². The number of nitrogens with two attached hydrogens (primary N) is 1. The first-order valence-corrected chi connectivity index (χ1v) is 14.9. The Morgan fingerprint density at radius 3 is 2.44 bits per heavy atom. The Labute approximate surface area is 255 Å². The van der Waals surface area contributed by atoms with Crippen molar-refractivity contribution in [1.29, 1.82) is 0 Å². The third kappa shape index (κ3) is 11.4. The fourth-order valence-corrected chi connectivity index (χ4v) is 5.17. The van der Waals surface area contributed by atoms with Gasteiger partial charge in [0.1, 0.15) is 23.1 Å². The van der Waals surface area contributed by atoms with E-state index in [2.05, 4.69) is 5.32 Å². The zero-order valence-electron chi connectivity index (χ0n) is 23.4. The van der Waals surface area contributed by atoms with Crippen molar-refractivity contribution in [3.05, 3.63) is 93.7 Å². The first-order chi connectivity index (χ1) is 19.5. The van der Waals surface area contributed by atoms with Gasteiger partial charge in [0.05, 0.1) is 22.3 Å². The van der Waals surface area contributed by atoms with E-state index >= 15 is 0 Å². The first-order valence-electron chi connectivity index (χ1n) is 13.2. The van der Waals surface area contributed by atoms with Crippen LogP contribution in [-0.4, -0.2) is 41.7 Å². The van der Waals surface area contributed by atoms with Crippen molar-refractivity contribution >= 4 is 52.9 Å². The number of hydrogen-bond acceptors (Lipinski definition) is 7. The predicted octanol–water partition coefficient (Wildman–Crippen LogP) is 6.49. The van der Waals surface area contributed by atoms with Crippen molar-refractivity contribution < 1.29 is 19.1 Å². The smallest absolute Gasteiger partial charge is 0.323 e. The summed E-state index contributed by atoms with van der Waals surface area (Å²) in [5, 5.41) is 3.89. The lowest BCUT2D eigenvalue weighted by Gasteiger charge is -2.22. The summed E-state index contributed by atoms with van der Waals surface area (Å²) in [4.78, 5) is 30.1. The van der Waals surface area contributed by atoms with Gasteiger partial charge in [-0.25, -0.2) is 4.98 Å². The molecule has 0 saturated carbocycles. The molecule has 0 fully saturated rings. The molecule has 3 aromatic rings. The molecule has 0 spiro atoms. The summed E-state index contributed by atoms with van der Waals surface area (Å²) in [5.41, 5.74) is 7.72. The molecule has 41 heavy (non-hydrogen) atoms. The van der Waals surface area contributed by atoms with Gasteiger partial charge < -0.3 is 20.5 Å². The molecule has 1 aromatic heterocycles. The summed E-state index contributed by atoms with van der Waals surface area (Å²) in [7, 11) is 0. The van der Waals surface area contributed by atoms with Crippen LogP contribution in [0.4, 0.5) is 0 Å². The van der Waals surface area contributed by atoms with E-state index in [9.17, 15) is 9.59 Å². The Morgan fingerprint density at radius 1 is 1.05 bits per heavy atom. The third-order valence-electron chi connectivity index (χ3n) is 5.57. The molecule has 0 radical (unpaired) electrons. The second-order valence-corrected chi connectivity index (χ2v) is 12.0. The molecule has 3 N–H and O–H groups in total. The maximum absolute atomic E-state index is 12.5. The first kappa shape index (κ1) is 32.5. The molecule has 218 valence electrons. The van der Waals surface area contributed by atoms with Gasteiger partial charge in [0.25, 0.3) is 0 Å². The topological polar surface area (TPSA) is 104 Å². The largest absolute Gasteiger partial charge is 0.491 e. The maximum Gasteiger partial charge on any atom is 0.323 e. The van der Waals surface area contributed by atoms with Crippen molar-refractivity contribution in [2.24, 2.45) is 5.73 Å². The molecule has 1 atom stereocenters. The highest BCUT2D eigenvalue weighted by Gasteiger charge is 2.21. The molecule has 2 aromatic carbocycles. The minimum Gasteiger partial charge on any atom is -0.491 e. The molecule has 0 aliphatic carbocycles. The van der Waals surface area contributed by atoms with Gasteiger partial charge in [0.2, 0.25) is 5.91 Å². The number of carbonyl (C=O) groups is 2. The monoisotopic (exact) mass is 615 g/mol. The third-order valence-corrected chi connectivity index (χ3v) is 7.60. The van der Waals surface area contributed by atoms with Crippen molar-refractivity contribution in [1.82, 2.24) is 10.3 Å². The molecule has 0 bridgehead atoms. The summed E-state index contributed by atoms with van der Waals surface area (Å²) in [6, 6.07) is 18.3. The number of rotatable bonds is 13. The van der Waals surface area contributed by atoms with Gasteiger partial charge in [-0.15, -0.1) is 11.8 Å². The van der Waals surface area contributed by atoms with Crippen molar-refractivity contribution in [3.63, 3.8) is 0 Å². The molecule has 3 rings (SSSR count). The highest BCUT2D eigenvalue weighted by molar-refractivity contribution is 7.98. The van der Waals surface area contributed by atoms with E-state index in [0.717, 1.165) is 22.6 Å². The average molecular weight is 617 g/mol. The molecule has 0 aliphatic heterocycles. The van der Waals surface area contributed by atoms with Gasteiger partial charge in [0.15, 0.2) is 0 Å². The average Bonchev–Trinajstić information content (AvgIpc) is 2.92. The fraction of sp³-hybridized carbons (Fsp3) is 0.323. The minimum atomic E-state index is -0.828. The van der Waals surface area contributed by atoms with Gasteiger partial charge in [-0.2, -0.15) is 0 Å². The number of esters is 1. The standard InChI is InChI=1S/C31H35Cl2N3O4S/c1-31(2,3)40-30(38)25(34)16-18-35-28(37)15-13-26-27(39-19-17-21-8-5-4-6-9-21)14-12-22(36-26)20-41-29-23(32)10-7-11-24(29)33/h4-15,25H,16-20,34H2,1-3H3,(H,35,37)/b15-13+. The lowest BCUT2D eigenvalue weighted by Crippen LogP contribution is -2.39. The Bertz CT molecular complexity index is 1330. The highest BCUT2D eigenvalue weighted by atomic mass is 35.5. The number of thioether (sulfide) groups is 1. The Kier molecular flexibility index (Phi) is 12.5. The molecule has 0 saturated heterocycles. The zero-order chi connectivity index (χ0) is 29.8. The van der Waals surface area contributed by atoms with Crippen LogP contribution in [0.2, 0.25) is 10.0 Å². The second-order valence-electron chi connectivity index (χ2n) is 10.2. The summed E-state index contributed by atoms with van der Waals surface area (Å²) >= 11 is 14.1. The van der Waals surface area contributed by atoms with E-state index in [0.29, 0.717) is 33.8 Å². The van der Waals surface area contributed by atoms with E-state index in [1.807, 2.05) is 42.5 Å². The molecule has 10 heteroatoms. The number of nitrogens with zero attached hydrogens (tertiary/aromatic N) is 1. The minimum absolute atomic E-state index is 0.215. The summed E-state index contributed by atoms with van der Waals surface area (Å²) < 4.78 is 11.3.